The van der Waals surface area contributed by atoms with Gasteiger partial charge >= 0.3 is 12.2 Å². The van der Waals surface area contributed by atoms with Crippen LogP contribution in [-0.4, -0.2) is 48.6 Å². The molecule has 0 aliphatic carbocycles. The molecule has 37 heavy (non-hydrogen) atoms. The number of hydrogen-bond donors (Lipinski definition) is 1. The van der Waals surface area contributed by atoms with Crippen molar-refractivity contribution >= 4 is 23.3 Å². The molecule has 9 heteroatoms. The number of nitrogens with one attached hydrogen (secondary N) is 1. The minimum absolute atomic E-state index is 0.127. The topological polar surface area (TPSA) is 44.8 Å². The van der Waals surface area contributed by atoms with Crippen molar-refractivity contribution in [3.05, 3.63) is 100 Å². The lowest BCUT2D eigenvalue weighted by atomic mass is 10.1. The molecule has 0 bridgehead atoms. The summed E-state index contributed by atoms with van der Waals surface area (Å²) in [5, 5.41) is 3.56. The average molecular weight is 532 g/mol. The van der Waals surface area contributed by atoms with Gasteiger partial charge in [-0.25, -0.2) is 4.79 Å². The maximum atomic E-state index is 12.9. The average Bonchev–Trinajstić information content (AvgIpc) is 2.87. The summed E-state index contributed by atoms with van der Waals surface area (Å²) in [7, 11) is 0. The van der Waals surface area contributed by atoms with Crippen molar-refractivity contribution < 1.29 is 22.7 Å². The standard InChI is InChI=1S/C28H29ClF3N3O2/c1-20-3-2-4-25(17-20)33-27(36)35-15-13-34(14-16-35)18-26(22-7-11-24(29)12-8-22)37-19-21-5-9-23(10-6-21)28(30,31)32/h2-12,17,26H,13-16,18-19H2,1H3,(H,33,36). The highest BCUT2D eigenvalue weighted by Crippen LogP contribution is 2.30. The van der Waals surface area contributed by atoms with Crippen molar-refractivity contribution in [3.63, 3.8) is 0 Å². The molecule has 0 spiro atoms. The molecule has 1 aliphatic heterocycles. The molecule has 0 radical (unpaired) electrons. The summed E-state index contributed by atoms with van der Waals surface area (Å²) < 4.78 is 44.8. The second kappa shape index (κ2) is 12.0. The molecule has 0 aromatic heterocycles. The zero-order valence-electron chi connectivity index (χ0n) is 20.5. The van der Waals surface area contributed by atoms with Crippen molar-refractivity contribution in [2.75, 3.05) is 38.0 Å². The maximum Gasteiger partial charge on any atom is 0.416 e. The summed E-state index contributed by atoms with van der Waals surface area (Å²) in [6.07, 6.45) is -4.68. The van der Waals surface area contributed by atoms with Gasteiger partial charge in [0, 0.05) is 43.4 Å². The number of rotatable bonds is 7. The summed E-state index contributed by atoms with van der Waals surface area (Å²) in [6.45, 7) is 5.22. The van der Waals surface area contributed by atoms with E-state index in [1.807, 2.05) is 43.3 Å². The first-order valence-electron chi connectivity index (χ1n) is 12.1. The molecular formula is C28H29ClF3N3O2. The zero-order valence-corrected chi connectivity index (χ0v) is 21.2. The third-order valence-corrected chi connectivity index (χ3v) is 6.58. The Morgan fingerprint density at radius 3 is 2.30 bits per heavy atom. The molecule has 196 valence electrons. The molecule has 5 nitrogen and oxygen atoms in total. The van der Waals surface area contributed by atoms with Gasteiger partial charge in [0.05, 0.1) is 18.3 Å². The number of benzene rings is 3. The predicted molar refractivity (Wildman–Crippen MR) is 139 cm³/mol. The first kappa shape index (κ1) is 27.0. The van der Waals surface area contributed by atoms with Crippen molar-refractivity contribution in [3.8, 4) is 0 Å². The highest BCUT2D eigenvalue weighted by atomic mass is 35.5. The quantitative estimate of drug-likeness (QED) is 0.366. The molecule has 3 aromatic rings. The number of amides is 2. The number of halogens is 4. The summed E-state index contributed by atoms with van der Waals surface area (Å²) in [4.78, 5) is 16.7. The third-order valence-electron chi connectivity index (χ3n) is 6.33. The van der Waals surface area contributed by atoms with Gasteiger partial charge in [-0.05, 0) is 60.0 Å². The van der Waals surface area contributed by atoms with Gasteiger partial charge < -0.3 is 15.0 Å². The van der Waals surface area contributed by atoms with Gasteiger partial charge in [0.2, 0.25) is 0 Å². The van der Waals surface area contributed by atoms with Crippen LogP contribution in [0.4, 0.5) is 23.7 Å². The first-order valence-corrected chi connectivity index (χ1v) is 12.4. The van der Waals surface area contributed by atoms with E-state index in [0.717, 1.165) is 28.9 Å². The van der Waals surface area contributed by atoms with E-state index >= 15 is 0 Å². The Morgan fingerprint density at radius 2 is 1.68 bits per heavy atom. The molecule has 0 saturated carbocycles. The molecule has 4 rings (SSSR count). The van der Waals surface area contributed by atoms with Crippen LogP contribution in [0.3, 0.4) is 0 Å². The number of carbonyl (C=O) groups excluding carboxylic acids is 1. The van der Waals surface area contributed by atoms with Crippen LogP contribution in [0, 0.1) is 6.92 Å². The van der Waals surface area contributed by atoms with Gasteiger partial charge in [-0.2, -0.15) is 13.2 Å². The first-order chi connectivity index (χ1) is 17.7. The highest BCUT2D eigenvalue weighted by Gasteiger charge is 2.30. The fourth-order valence-electron chi connectivity index (χ4n) is 4.21. The number of ether oxygens (including phenoxy) is 1. The van der Waals surface area contributed by atoms with Crippen molar-refractivity contribution in [1.82, 2.24) is 9.80 Å². The molecule has 1 N–H and O–H groups in total. The molecule has 1 aliphatic rings. The van der Waals surface area contributed by atoms with Crippen LogP contribution < -0.4 is 5.32 Å². The number of aryl methyl sites for hydroxylation is 1. The lowest BCUT2D eigenvalue weighted by Gasteiger charge is -2.36. The predicted octanol–water partition coefficient (Wildman–Crippen LogP) is 6.77. The van der Waals surface area contributed by atoms with Crippen LogP contribution in [0.1, 0.15) is 28.4 Å². The Kier molecular flexibility index (Phi) is 8.74. The van der Waals surface area contributed by atoms with Gasteiger partial charge in [0.25, 0.3) is 0 Å². The monoisotopic (exact) mass is 531 g/mol. The Balaban J connectivity index is 1.35. The minimum Gasteiger partial charge on any atom is -0.368 e. The minimum atomic E-state index is -4.37. The highest BCUT2D eigenvalue weighted by molar-refractivity contribution is 6.30. The Morgan fingerprint density at radius 1 is 1.00 bits per heavy atom. The second-order valence-corrected chi connectivity index (χ2v) is 9.57. The second-order valence-electron chi connectivity index (χ2n) is 9.13. The number of anilines is 1. The largest absolute Gasteiger partial charge is 0.416 e. The molecule has 1 unspecified atom stereocenters. The molecule has 1 fully saturated rings. The Bertz CT molecular complexity index is 1180. The lowest BCUT2D eigenvalue weighted by Crippen LogP contribution is -2.50. The summed E-state index contributed by atoms with van der Waals surface area (Å²) in [5.41, 5.74) is 2.74. The maximum absolute atomic E-state index is 12.9. The van der Waals surface area contributed by atoms with E-state index in [0.29, 0.717) is 43.3 Å². The smallest absolute Gasteiger partial charge is 0.368 e. The van der Waals surface area contributed by atoms with Crippen LogP contribution in [-0.2, 0) is 17.5 Å². The lowest BCUT2D eigenvalue weighted by molar-refractivity contribution is -0.137. The van der Waals surface area contributed by atoms with E-state index in [1.54, 1.807) is 17.0 Å². The molecule has 1 saturated heterocycles. The van der Waals surface area contributed by atoms with E-state index in [2.05, 4.69) is 10.2 Å². The summed E-state index contributed by atoms with van der Waals surface area (Å²) in [5.74, 6) is 0. The van der Waals surface area contributed by atoms with Crippen LogP contribution in [0.5, 0.6) is 0 Å². The SMILES string of the molecule is Cc1cccc(NC(=O)N2CCN(CC(OCc3ccc(C(F)(F)F)cc3)c3ccc(Cl)cc3)CC2)c1. The van der Waals surface area contributed by atoms with Gasteiger partial charge in [-0.15, -0.1) is 0 Å². The van der Waals surface area contributed by atoms with Gasteiger partial charge in [0.1, 0.15) is 0 Å². The molecule has 3 aromatic carbocycles. The van der Waals surface area contributed by atoms with Crippen LogP contribution in [0.2, 0.25) is 5.02 Å². The number of alkyl halides is 3. The van der Waals surface area contributed by atoms with Crippen molar-refractivity contribution in [2.24, 2.45) is 0 Å². The fourth-order valence-corrected chi connectivity index (χ4v) is 4.34. The van der Waals surface area contributed by atoms with E-state index in [4.69, 9.17) is 16.3 Å². The van der Waals surface area contributed by atoms with Crippen LogP contribution in [0.15, 0.2) is 72.8 Å². The number of hydrogen-bond acceptors (Lipinski definition) is 3. The molecule has 1 heterocycles. The van der Waals surface area contributed by atoms with Crippen molar-refractivity contribution in [2.45, 2.75) is 25.8 Å². The van der Waals surface area contributed by atoms with Gasteiger partial charge in [-0.3, -0.25) is 4.90 Å². The van der Waals surface area contributed by atoms with E-state index in [-0.39, 0.29) is 18.7 Å². The van der Waals surface area contributed by atoms with E-state index in [9.17, 15) is 18.0 Å². The fraction of sp³-hybridized carbons (Fsp3) is 0.321. The van der Waals surface area contributed by atoms with E-state index in [1.165, 1.54) is 12.1 Å². The van der Waals surface area contributed by atoms with Crippen LogP contribution in [0.25, 0.3) is 0 Å². The Hall–Kier alpha value is -3.07. The third kappa shape index (κ3) is 7.71. The molecule has 2 amide bonds. The number of piperazine rings is 1. The summed E-state index contributed by atoms with van der Waals surface area (Å²) >= 11 is 6.06. The molecular weight excluding hydrogens is 503 g/mol. The Labute approximate surface area is 219 Å². The van der Waals surface area contributed by atoms with Crippen LogP contribution >= 0.6 is 11.6 Å². The molecule has 1 atom stereocenters. The number of nitrogens with zero attached hydrogens (tertiary/aromatic N) is 2. The van der Waals surface area contributed by atoms with E-state index < -0.39 is 11.7 Å². The summed E-state index contributed by atoms with van der Waals surface area (Å²) in [6, 6.07) is 19.9. The van der Waals surface area contributed by atoms with Crippen molar-refractivity contribution in [1.29, 1.82) is 0 Å². The normalized spacial score (nSPS) is 15.4. The number of urea groups is 1. The van der Waals surface area contributed by atoms with Gasteiger partial charge in [-0.1, -0.05) is 48.0 Å². The zero-order chi connectivity index (χ0) is 26.4. The number of carbonyl (C=O) groups is 1. The van der Waals surface area contributed by atoms with Gasteiger partial charge in [0.15, 0.2) is 0 Å².